The van der Waals surface area contributed by atoms with E-state index in [4.69, 9.17) is 4.42 Å². The molecule has 0 aliphatic carbocycles. The van der Waals surface area contributed by atoms with Crippen LogP contribution in [-0.4, -0.2) is 21.1 Å². The molecule has 0 spiro atoms. The molecule has 0 saturated heterocycles. The molecule has 1 N–H and O–H groups in total. The molecule has 0 saturated carbocycles. The summed E-state index contributed by atoms with van der Waals surface area (Å²) >= 11 is 0. The van der Waals surface area contributed by atoms with Gasteiger partial charge in [-0.2, -0.15) is 5.10 Å². The number of allylic oxidation sites excluding steroid dienone is 2. The van der Waals surface area contributed by atoms with Crippen LogP contribution in [-0.2, 0) is 24.9 Å². The predicted molar refractivity (Wildman–Crippen MR) is 128 cm³/mol. The topological polar surface area (TPSA) is 76.2 Å². The molecule has 179 valence electrons. The summed E-state index contributed by atoms with van der Waals surface area (Å²) in [6.07, 6.45) is 1.33. The molecule has 5 nitrogen and oxygen atoms in total. The van der Waals surface area contributed by atoms with Gasteiger partial charge in [0.15, 0.2) is 11.7 Å². The Bertz CT molecular complexity index is 1010. The maximum absolute atomic E-state index is 11.5. The zero-order chi connectivity index (χ0) is 24.1. The van der Waals surface area contributed by atoms with E-state index in [0.717, 1.165) is 16.7 Å². The first-order valence-electron chi connectivity index (χ1n) is 10.6. The van der Waals surface area contributed by atoms with Gasteiger partial charge in [0.25, 0.3) is 0 Å². The number of rotatable bonds is 3. The summed E-state index contributed by atoms with van der Waals surface area (Å²) in [7, 11) is 0. The van der Waals surface area contributed by atoms with E-state index in [9.17, 15) is 9.90 Å². The third-order valence-corrected chi connectivity index (χ3v) is 4.70. The third-order valence-electron chi connectivity index (χ3n) is 4.70. The van der Waals surface area contributed by atoms with Crippen LogP contribution in [0.2, 0.25) is 0 Å². The van der Waals surface area contributed by atoms with Crippen LogP contribution < -0.4 is 0 Å². The van der Waals surface area contributed by atoms with Crippen molar-refractivity contribution in [2.45, 2.75) is 55.4 Å². The molecule has 0 unspecified atom stereocenters. The number of hydrogen-bond acceptors (Lipinski definition) is 5. The molecule has 1 heterocycles. The smallest absolute Gasteiger partial charge is 0.237 e. The molecule has 0 aliphatic heterocycles. The van der Waals surface area contributed by atoms with Crippen LogP contribution in [0, 0.1) is 30.7 Å². The number of carbonyl (C=O) groups excluding carboxylic acids is 1. The number of hydrogen-bond donors (Lipinski definition) is 1. The first-order chi connectivity index (χ1) is 14.8. The van der Waals surface area contributed by atoms with Gasteiger partial charge in [-0.3, -0.25) is 4.79 Å². The second-order valence-electron chi connectivity index (χ2n) is 9.95. The summed E-state index contributed by atoms with van der Waals surface area (Å²) in [5.74, 6) is 1.13. The Labute approximate surface area is 210 Å². The molecule has 1 aromatic heterocycles. The van der Waals surface area contributed by atoms with Crippen molar-refractivity contribution in [3.8, 4) is 22.9 Å². The average molecular weight is 626 g/mol. The summed E-state index contributed by atoms with van der Waals surface area (Å²) in [5.41, 5.74) is 3.34. The Morgan fingerprint density at radius 3 is 1.91 bits per heavy atom. The van der Waals surface area contributed by atoms with Crippen molar-refractivity contribution in [2.24, 2.45) is 10.8 Å². The number of benzene rings is 2. The van der Waals surface area contributed by atoms with Crippen molar-refractivity contribution in [3.05, 3.63) is 71.5 Å². The van der Waals surface area contributed by atoms with Gasteiger partial charge in [0.05, 0.1) is 0 Å². The predicted octanol–water partition coefficient (Wildman–Crippen LogP) is 6.91. The van der Waals surface area contributed by atoms with Crippen molar-refractivity contribution in [1.29, 1.82) is 0 Å². The fourth-order valence-corrected chi connectivity index (χ4v) is 2.34. The van der Waals surface area contributed by atoms with Crippen LogP contribution >= 0.6 is 0 Å². The molecule has 1 radical (unpaired) electrons. The first kappa shape index (κ1) is 28.5. The summed E-state index contributed by atoms with van der Waals surface area (Å²) in [6, 6.07) is 17.0. The fraction of sp³-hybridized carbons (Fsp3) is 0.370. The number of ketones is 1. The maximum atomic E-state index is 11.5. The Kier molecular flexibility index (Phi) is 9.95. The number of aromatic nitrogens is 2. The molecule has 0 aliphatic rings. The van der Waals surface area contributed by atoms with Crippen LogP contribution in [0.25, 0.3) is 22.9 Å². The molecule has 0 fully saturated rings. The minimum atomic E-state index is -0.417. The molecule has 6 heteroatoms. The zero-order valence-corrected chi connectivity index (χ0v) is 23.0. The molecule has 3 aromatic rings. The zero-order valence-electron chi connectivity index (χ0n) is 20.6. The Hall–Kier alpha value is -2.56. The Morgan fingerprint density at radius 2 is 1.42 bits per heavy atom. The minimum Gasteiger partial charge on any atom is -0.512 e. The van der Waals surface area contributed by atoms with E-state index >= 15 is 0 Å². The first-order valence-corrected chi connectivity index (χ1v) is 10.6. The van der Waals surface area contributed by atoms with Crippen LogP contribution in [0.15, 0.2) is 58.7 Å². The normalized spacial score (nSPS) is 11.8. The van der Waals surface area contributed by atoms with Crippen LogP contribution in [0.3, 0.4) is 0 Å². The van der Waals surface area contributed by atoms with Crippen molar-refractivity contribution in [3.63, 3.8) is 0 Å². The average Bonchev–Trinajstić information content (AvgIpc) is 3.18. The molecular weight excluding hydrogens is 593 g/mol. The maximum Gasteiger partial charge on any atom is 0.237 e. The van der Waals surface area contributed by atoms with Gasteiger partial charge in [-0.05, 0) is 19.1 Å². The molecular formula is C27H33IrN2O3-. The summed E-state index contributed by atoms with van der Waals surface area (Å²) in [4.78, 5) is 11.5. The number of nitrogens with zero attached hydrogens (tertiary/aromatic N) is 2. The van der Waals surface area contributed by atoms with Crippen molar-refractivity contribution in [1.82, 2.24) is 10.2 Å². The second kappa shape index (κ2) is 11.5. The van der Waals surface area contributed by atoms with Crippen LogP contribution in [0.4, 0.5) is 0 Å². The Morgan fingerprint density at radius 1 is 0.879 bits per heavy atom. The van der Waals surface area contributed by atoms with Gasteiger partial charge in [-0.15, -0.1) is 34.9 Å². The van der Waals surface area contributed by atoms with E-state index < -0.39 is 5.41 Å². The van der Waals surface area contributed by atoms with Gasteiger partial charge in [0.2, 0.25) is 5.89 Å². The number of aliphatic hydroxyl groups excluding tert-OH is 1. The van der Waals surface area contributed by atoms with Crippen molar-refractivity contribution >= 4 is 5.78 Å². The molecule has 0 amide bonds. The van der Waals surface area contributed by atoms with Gasteiger partial charge >= 0.3 is 0 Å². The van der Waals surface area contributed by atoms with E-state index in [1.54, 1.807) is 0 Å². The van der Waals surface area contributed by atoms with E-state index in [1.165, 1.54) is 11.6 Å². The summed E-state index contributed by atoms with van der Waals surface area (Å²) in [6.45, 7) is 15.2. The van der Waals surface area contributed by atoms with Gasteiger partial charge < -0.3 is 9.52 Å². The molecule has 2 aromatic carbocycles. The van der Waals surface area contributed by atoms with E-state index in [1.807, 2.05) is 97.9 Å². The van der Waals surface area contributed by atoms with Crippen molar-refractivity contribution < 1.29 is 34.4 Å². The third kappa shape index (κ3) is 8.71. The van der Waals surface area contributed by atoms with E-state index in [0.29, 0.717) is 11.8 Å². The monoisotopic (exact) mass is 626 g/mol. The van der Waals surface area contributed by atoms with Crippen molar-refractivity contribution in [2.75, 3.05) is 0 Å². The largest absolute Gasteiger partial charge is 0.512 e. The van der Waals surface area contributed by atoms with E-state index in [2.05, 4.69) is 16.3 Å². The van der Waals surface area contributed by atoms with Gasteiger partial charge in [0.1, 0.15) is 5.76 Å². The molecule has 0 bridgehead atoms. The van der Waals surface area contributed by atoms with Crippen LogP contribution in [0.1, 0.15) is 52.7 Å². The standard InChI is InChI=1S/C16H13N2O.C11H20O2.Ir/c1-11-3-7-13(8-4-11)15-17-18-16(19-15)14-9-5-12(2)6-10-14;1-10(2,3)8(12)7-9(13)11(4,5)6;/h3-9H,1-2H3;7,12H,1-6H3;/q-1;;/b;8-7-;. The quantitative estimate of drug-likeness (QED) is 0.195. The number of carbonyl (C=O) groups is 1. The fourth-order valence-electron chi connectivity index (χ4n) is 2.34. The Balaban J connectivity index is 0.000000346. The molecule has 33 heavy (non-hydrogen) atoms. The number of aryl methyl sites for hydroxylation is 2. The van der Waals surface area contributed by atoms with Crippen LogP contribution in [0.5, 0.6) is 0 Å². The summed E-state index contributed by atoms with van der Waals surface area (Å²) < 4.78 is 5.68. The van der Waals surface area contributed by atoms with Gasteiger partial charge in [-0.1, -0.05) is 71.7 Å². The summed E-state index contributed by atoms with van der Waals surface area (Å²) in [5, 5.41) is 17.7. The molecule has 0 atom stereocenters. The minimum absolute atomic E-state index is 0. The van der Waals surface area contributed by atoms with Gasteiger partial charge in [0, 0.05) is 42.6 Å². The second-order valence-corrected chi connectivity index (χ2v) is 9.95. The van der Waals surface area contributed by atoms with Gasteiger partial charge in [-0.25, -0.2) is 0 Å². The molecule has 3 rings (SSSR count). The number of aliphatic hydroxyl groups is 1. The SMILES string of the molecule is CC(C)(C)C(=O)/C=C(\O)C(C)(C)C.Cc1c[c-]c(-c2nnc(-c3ccc(C)cc3)o2)cc1.[Ir]. The van der Waals surface area contributed by atoms with E-state index in [-0.39, 0.29) is 37.1 Å².